The third-order valence-electron chi connectivity index (χ3n) is 3.85. The summed E-state index contributed by atoms with van der Waals surface area (Å²) in [5.74, 6) is 1.06. The van der Waals surface area contributed by atoms with Crippen LogP contribution in [0.15, 0.2) is 4.52 Å². The summed E-state index contributed by atoms with van der Waals surface area (Å²) < 4.78 is 5.28. The molecule has 0 spiro atoms. The lowest BCUT2D eigenvalue weighted by atomic mass is 10.1. The second-order valence-electron chi connectivity index (χ2n) is 5.18. The molecule has 20 heavy (non-hydrogen) atoms. The van der Waals surface area contributed by atoms with Gasteiger partial charge in [0.1, 0.15) is 5.76 Å². The molecule has 1 aliphatic heterocycles. The molecule has 0 bridgehead atoms. The Hall–Kier alpha value is -1.56. The van der Waals surface area contributed by atoms with Crippen LogP contribution in [0.25, 0.3) is 0 Å². The van der Waals surface area contributed by atoms with Crippen molar-refractivity contribution < 1.29 is 14.4 Å². The molecule has 0 radical (unpaired) electrons. The van der Waals surface area contributed by atoms with E-state index in [-0.39, 0.29) is 18.6 Å². The molecule has 1 fully saturated rings. The number of nitrogens with zero attached hydrogens (tertiary/aromatic N) is 2. The lowest BCUT2D eigenvalue weighted by Crippen LogP contribution is -2.38. The van der Waals surface area contributed by atoms with Gasteiger partial charge in [0.2, 0.25) is 0 Å². The van der Waals surface area contributed by atoms with Gasteiger partial charge < -0.3 is 19.8 Å². The van der Waals surface area contributed by atoms with Gasteiger partial charge in [0.25, 0.3) is 0 Å². The lowest BCUT2D eigenvalue weighted by Gasteiger charge is -2.17. The standard InChI is InChI=1S/C14H23N3O3/c1-3-12-11(13(4-2)20-16-12)7-15-14(19)17-6-5-10(8-17)9-18/h10,18H,3-9H2,1-2H3,(H,15,19). The summed E-state index contributed by atoms with van der Waals surface area (Å²) in [5.41, 5.74) is 1.91. The van der Waals surface area contributed by atoms with Crippen LogP contribution < -0.4 is 5.32 Å². The Kier molecular flexibility index (Phi) is 5.00. The first-order valence-corrected chi connectivity index (χ1v) is 7.29. The van der Waals surface area contributed by atoms with Gasteiger partial charge in [-0.2, -0.15) is 0 Å². The smallest absolute Gasteiger partial charge is 0.317 e. The van der Waals surface area contributed by atoms with Gasteiger partial charge in [-0.25, -0.2) is 4.79 Å². The van der Waals surface area contributed by atoms with Crippen LogP contribution in [0.5, 0.6) is 0 Å². The number of aliphatic hydroxyl groups excluding tert-OH is 1. The molecular formula is C14H23N3O3. The highest BCUT2D eigenvalue weighted by molar-refractivity contribution is 5.74. The molecule has 2 amide bonds. The van der Waals surface area contributed by atoms with Crippen molar-refractivity contribution >= 4 is 6.03 Å². The number of nitrogens with one attached hydrogen (secondary N) is 1. The van der Waals surface area contributed by atoms with E-state index in [0.29, 0.717) is 19.6 Å². The largest absolute Gasteiger partial charge is 0.396 e. The Morgan fingerprint density at radius 2 is 2.30 bits per heavy atom. The summed E-state index contributed by atoms with van der Waals surface area (Å²) in [4.78, 5) is 13.8. The van der Waals surface area contributed by atoms with Crippen LogP contribution in [0, 0.1) is 5.92 Å². The zero-order valence-corrected chi connectivity index (χ0v) is 12.2. The van der Waals surface area contributed by atoms with Gasteiger partial charge in [-0.15, -0.1) is 0 Å². The summed E-state index contributed by atoms with van der Waals surface area (Å²) in [5, 5.41) is 16.1. The van der Waals surface area contributed by atoms with Gasteiger partial charge in [-0.3, -0.25) is 0 Å². The first-order valence-electron chi connectivity index (χ1n) is 7.29. The highest BCUT2D eigenvalue weighted by Crippen LogP contribution is 2.17. The number of rotatable bonds is 5. The zero-order chi connectivity index (χ0) is 14.5. The molecule has 6 heteroatoms. The van der Waals surface area contributed by atoms with Crippen LogP contribution in [0.3, 0.4) is 0 Å². The van der Waals surface area contributed by atoms with Gasteiger partial charge in [-0.1, -0.05) is 19.0 Å². The normalized spacial score (nSPS) is 18.6. The molecule has 2 rings (SSSR count). The number of hydrogen-bond acceptors (Lipinski definition) is 4. The van der Waals surface area contributed by atoms with Crippen LogP contribution in [0.4, 0.5) is 4.79 Å². The zero-order valence-electron chi connectivity index (χ0n) is 12.2. The molecule has 6 nitrogen and oxygen atoms in total. The van der Waals surface area contributed by atoms with Gasteiger partial charge in [0, 0.05) is 44.1 Å². The number of carbonyl (C=O) groups excluding carboxylic acids is 1. The quantitative estimate of drug-likeness (QED) is 0.853. The minimum Gasteiger partial charge on any atom is -0.396 e. The molecule has 0 saturated carbocycles. The van der Waals surface area contributed by atoms with Gasteiger partial charge >= 0.3 is 6.03 Å². The van der Waals surface area contributed by atoms with Gasteiger partial charge in [0.15, 0.2) is 0 Å². The van der Waals surface area contributed by atoms with Crippen molar-refractivity contribution in [3.63, 3.8) is 0 Å². The summed E-state index contributed by atoms with van der Waals surface area (Å²) in [7, 11) is 0. The Bertz CT molecular complexity index is 437. The monoisotopic (exact) mass is 281 g/mol. The Morgan fingerprint density at radius 1 is 1.50 bits per heavy atom. The SMILES string of the molecule is CCc1noc(CC)c1CNC(=O)N1CCC(CO)C1. The van der Waals surface area contributed by atoms with Crippen molar-refractivity contribution in [2.75, 3.05) is 19.7 Å². The molecule has 2 heterocycles. The van der Waals surface area contributed by atoms with Crippen molar-refractivity contribution in [1.82, 2.24) is 15.4 Å². The second-order valence-corrected chi connectivity index (χ2v) is 5.18. The predicted octanol–water partition coefficient (Wildman–Crippen LogP) is 1.32. The highest BCUT2D eigenvalue weighted by Gasteiger charge is 2.25. The number of amides is 2. The Balaban J connectivity index is 1.92. The third-order valence-corrected chi connectivity index (χ3v) is 3.85. The van der Waals surface area contributed by atoms with Crippen molar-refractivity contribution in [2.24, 2.45) is 5.92 Å². The fourth-order valence-electron chi connectivity index (χ4n) is 2.58. The van der Waals surface area contributed by atoms with Gasteiger partial charge in [-0.05, 0) is 12.8 Å². The molecule has 1 aromatic rings. The van der Waals surface area contributed by atoms with E-state index in [1.807, 2.05) is 13.8 Å². The molecule has 1 unspecified atom stereocenters. The maximum absolute atomic E-state index is 12.1. The van der Waals surface area contributed by atoms with E-state index in [2.05, 4.69) is 10.5 Å². The molecule has 1 aromatic heterocycles. The Morgan fingerprint density at radius 3 is 2.90 bits per heavy atom. The molecule has 1 atom stereocenters. The van der Waals surface area contributed by atoms with E-state index in [1.54, 1.807) is 4.90 Å². The summed E-state index contributed by atoms with van der Waals surface area (Å²) in [6, 6.07) is -0.0775. The fourth-order valence-corrected chi connectivity index (χ4v) is 2.58. The van der Waals surface area contributed by atoms with E-state index >= 15 is 0 Å². The molecule has 0 aromatic carbocycles. The topological polar surface area (TPSA) is 78.6 Å². The first kappa shape index (κ1) is 14.8. The highest BCUT2D eigenvalue weighted by atomic mass is 16.5. The number of aryl methyl sites for hydroxylation is 2. The van der Waals surface area contributed by atoms with Crippen LogP contribution >= 0.6 is 0 Å². The lowest BCUT2D eigenvalue weighted by molar-refractivity contribution is 0.198. The van der Waals surface area contributed by atoms with Crippen LogP contribution in [0.2, 0.25) is 0 Å². The molecule has 2 N–H and O–H groups in total. The van der Waals surface area contributed by atoms with Crippen LogP contribution in [-0.2, 0) is 19.4 Å². The third kappa shape index (κ3) is 3.12. The molecule has 1 aliphatic rings. The maximum Gasteiger partial charge on any atom is 0.317 e. The van der Waals surface area contributed by atoms with E-state index in [0.717, 1.165) is 36.3 Å². The Labute approximate surface area is 119 Å². The average Bonchev–Trinajstić information content (AvgIpc) is 3.10. The van der Waals surface area contributed by atoms with E-state index in [4.69, 9.17) is 9.63 Å². The number of aliphatic hydroxyl groups is 1. The maximum atomic E-state index is 12.1. The van der Waals surface area contributed by atoms with Crippen LogP contribution in [0.1, 0.15) is 37.3 Å². The molecule has 1 saturated heterocycles. The average molecular weight is 281 g/mol. The van der Waals surface area contributed by atoms with E-state index in [1.165, 1.54) is 0 Å². The number of hydrogen-bond donors (Lipinski definition) is 2. The first-order chi connectivity index (χ1) is 9.69. The molecular weight excluding hydrogens is 258 g/mol. The number of aromatic nitrogens is 1. The van der Waals surface area contributed by atoms with E-state index < -0.39 is 0 Å². The van der Waals surface area contributed by atoms with Crippen molar-refractivity contribution in [2.45, 2.75) is 39.7 Å². The predicted molar refractivity (Wildman–Crippen MR) is 74.3 cm³/mol. The van der Waals surface area contributed by atoms with Crippen molar-refractivity contribution in [3.05, 3.63) is 17.0 Å². The number of carbonyl (C=O) groups is 1. The molecule has 112 valence electrons. The summed E-state index contributed by atoms with van der Waals surface area (Å²) >= 11 is 0. The van der Waals surface area contributed by atoms with Crippen molar-refractivity contribution in [3.8, 4) is 0 Å². The summed E-state index contributed by atoms with van der Waals surface area (Å²) in [6.45, 7) is 5.98. The number of likely N-dealkylation sites (tertiary alicyclic amines) is 1. The minimum absolute atomic E-state index is 0.0775. The molecule has 0 aliphatic carbocycles. The second kappa shape index (κ2) is 6.74. The van der Waals surface area contributed by atoms with Crippen molar-refractivity contribution in [1.29, 1.82) is 0 Å². The minimum atomic E-state index is -0.0775. The van der Waals surface area contributed by atoms with Gasteiger partial charge in [0.05, 0.1) is 5.69 Å². The summed E-state index contributed by atoms with van der Waals surface area (Å²) in [6.07, 6.45) is 2.44. The fraction of sp³-hybridized carbons (Fsp3) is 0.714. The van der Waals surface area contributed by atoms with Crippen LogP contribution in [-0.4, -0.2) is 40.9 Å². The van der Waals surface area contributed by atoms with E-state index in [9.17, 15) is 4.79 Å². The number of urea groups is 1.